The van der Waals surface area contributed by atoms with Crippen LogP contribution in [0.15, 0.2) is 97.2 Å². The molecule has 1 heterocycles. The van der Waals surface area contributed by atoms with E-state index in [-0.39, 0.29) is 18.9 Å². The average molecular weight is 700 g/mol. The summed E-state index contributed by atoms with van der Waals surface area (Å²) < 4.78 is 11.0. The summed E-state index contributed by atoms with van der Waals surface area (Å²) in [5, 5.41) is 53.3. The molecule has 0 saturated carbocycles. The number of hydrogen-bond acceptors (Lipinski definition) is 8. The maximum absolute atomic E-state index is 12.7. The molecule has 0 bridgehead atoms. The molecule has 7 unspecified atom stereocenters. The van der Waals surface area contributed by atoms with Gasteiger partial charge in [0.2, 0.25) is 5.91 Å². The van der Waals surface area contributed by atoms with E-state index in [1.165, 1.54) is 0 Å². The van der Waals surface area contributed by atoms with Crippen molar-refractivity contribution in [3.05, 3.63) is 97.2 Å². The lowest BCUT2D eigenvalue weighted by Crippen LogP contribution is -2.60. The standard InChI is InChI=1S/C41H65NO8/c1-3-5-7-9-10-11-12-13-14-15-16-17-18-19-20-21-22-23-24-25-26-27-29-31-37(45)42-34(35(44)30-28-8-6-4-2)33-49-41-40(48)39(47)38(46)36(32-43)50-41/h5,7,10-11,13-14,16-17,19-20,22-23,25-26,28,30,34-36,38-41,43-44,46-48H,3-4,6,8-9,12,15,18,21,24,27,29,31-33H2,1-2H3,(H,42,45)/b7-5-,11-10-,14-13-,17-16-,20-19-,23-22-,26-25-,30-28+. The molecule has 0 radical (unpaired) electrons. The Morgan fingerprint density at radius 2 is 1.20 bits per heavy atom. The van der Waals surface area contributed by atoms with Gasteiger partial charge in [-0.3, -0.25) is 4.79 Å². The molecule has 6 N–H and O–H groups in total. The summed E-state index contributed by atoms with van der Waals surface area (Å²) in [5.74, 6) is -0.251. The van der Waals surface area contributed by atoms with Crippen LogP contribution >= 0.6 is 0 Å². The van der Waals surface area contributed by atoms with E-state index in [0.717, 1.165) is 70.6 Å². The lowest BCUT2D eigenvalue weighted by atomic mass is 9.99. The first kappa shape index (κ1) is 45.1. The van der Waals surface area contributed by atoms with Crippen molar-refractivity contribution in [3.8, 4) is 0 Å². The van der Waals surface area contributed by atoms with Crippen molar-refractivity contribution in [2.45, 2.75) is 140 Å². The van der Waals surface area contributed by atoms with Crippen LogP contribution in [0.5, 0.6) is 0 Å². The summed E-state index contributed by atoms with van der Waals surface area (Å²) in [6.45, 7) is 3.41. The summed E-state index contributed by atoms with van der Waals surface area (Å²) in [7, 11) is 0. The molecular formula is C41H65NO8. The van der Waals surface area contributed by atoms with Crippen LogP contribution in [-0.2, 0) is 14.3 Å². The minimum Gasteiger partial charge on any atom is -0.394 e. The summed E-state index contributed by atoms with van der Waals surface area (Å²) in [5.41, 5.74) is 0. The monoisotopic (exact) mass is 699 g/mol. The first-order valence-corrected chi connectivity index (χ1v) is 18.5. The molecule has 9 nitrogen and oxygen atoms in total. The molecule has 1 aliphatic heterocycles. The third-order valence-corrected chi connectivity index (χ3v) is 7.91. The number of allylic oxidation sites excluding steroid dienone is 15. The fourth-order valence-electron chi connectivity index (χ4n) is 4.89. The van der Waals surface area contributed by atoms with E-state index in [4.69, 9.17) is 9.47 Å². The molecular weight excluding hydrogens is 634 g/mol. The zero-order chi connectivity index (χ0) is 36.7. The molecule has 0 spiro atoms. The van der Waals surface area contributed by atoms with Gasteiger partial charge in [0.15, 0.2) is 6.29 Å². The molecule has 50 heavy (non-hydrogen) atoms. The normalized spacial score (nSPS) is 23.4. The molecule has 0 aliphatic carbocycles. The highest BCUT2D eigenvalue weighted by molar-refractivity contribution is 5.76. The Balaban J connectivity index is 2.33. The lowest BCUT2D eigenvalue weighted by Gasteiger charge is -2.40. The molecule has 1 saturated heterocycles. The van der Waals surface area contributed by atoms with Crippen LogP contribution < -0.4 is 5.32 Å². The molecule has 1 aliphatic rings. The van der Waals surface area contributed by atoms with Gasteiger partial charge in [-0.25, -0.2) is 0 Å². The van der Waals surface area contributed by atoms with E-state index in [2.05, 4.69) is 104 Å². The van der Waals surface area contributed by atoms with Gasteiger partial charge in [0.25, 0.3) is 0 Å². The van der Waals surface area contributed by atoms with Gasteiger partial charge in [0.05, 0.1) is 25.4 Å². The van der Waals surface area contributed by atoms with Gasteiger partial charge in [-0.05, 0) is 64.2 Å². The van der Waals surface area contributed by atoms with Crippen LogP contribution in [0.4, 0.5) is 0 Å². The second kappa shape index (κ2) is 30.9. The number of rotatable bonds is 27. The molecule has 1 fully saturated rings. The summed E-state index contributed by atoms with van der Waals surface area (Å²) in [6, 6.07) is -0.837. The number of aliphatic hydroxyl groups excluding tert-OH is 5. The molecule has 9 heteroatoms. The predicted octanol–water partition coefficient (Wildman–Crippen LogP) is 6.21. The predicted molar refractivity (Wildman–Crippen MR) is 202 cm³/mol. The molecule has 0 aromatic heterocycles. The number of ether oxygens (including phenoxy) is 2. The van der Waals surface area contributed by atoms with Gasteiger partial charge in [0.1, 0.15) is 24.4 Å². The highest BCUT2D eigenvalue weighted by Crippen LogP contribution is 2.22. The third-order valence-electron chi connectivity index (χ3n) is 7.91. The van der Waals surface area contributed by atoms with Crippen LogP contribution in [0.3, 0.4) is 0 Å². The molecule has 1 amide bonds. The lowest BCUT2D eigenvalue weighted by molar-refractivity contribution is -0.302. The second-order valence-electron chi connectivity index (χ2n) is 12.3. The molecule has 282 valence electrons. The number of unbranched alkanes of at least 4 members (excludes halogenated alkanes) is 3. The maximum atomic E-state index is 12.7. The second-order valence-corrected chi connectivity index (χ2v) is 12.3. The van der Waals surface area contributed by atoms with Crippen LogP contribution in [0, 0.1) is 0 Å². The highest BCUT2D eigenvalue weighted by atomic mass is 16.7. The van der Waals surface area contributed by atoms with E-state index >= 15 is 0 Å². The van der Waals surface area contributed by atoms with E-state index in [1.807, 2.05) is 6.08 Å². The molecule has 7 atom stereocenters. The van der Waals surface area contributed by atoms with Crippen molar-refractivity contribution in [1.29, 1.82) is 0 Å². The zero-order valence-corrected chi connectivity index (χ0v) is 30.3. The Morgan fingerprint density at radius 1 is 0.700 bits per heavy atom. The number of amides is 1. The fraction of sp³-hybridized carbons (Fsp3) is 0.585. The van der Waals surface area contributed by atoms with Crippen LogP contribution in [0.1, 0.15) is 97.3 Å². The summed E-state index contributed by atoms with van der Waals surface area (Å²) >= 11 is 0. The first-order valence-electron chi connectivity index (χ1n) is 18.5. The van der Waals surface area contributed by atoms with Gasteiger partial charge in [0, 0.05) is 6.42 Å². The number of carbonyl (C=O) groups excluding carboxylic acids is 1. The average Bonchev–Trinajstić information content (AvgIpc) is 3.11. The molecule has 0 aromatic rings. The Bertz CT molecular complexity index is 1090. The SMILES string of the molecule is CC/C=C\C/C=C\C/C=C\C/C=C\C/C=C\C/C=C\C/C=C\CCCC(=O)NC(COC1OC(CO)C(O)C(O)C1O)C(O)/C=C/CCCC. The Labute approximate surface area is 301 Å². The van der Waals surface area contributed by atoms with Crippen molar-refractivity contribution in [3.63, 3.8) is 0 Å². The van der Waals surface area contributed by atoms with E-state index < -0.39 is 49.5 Å². The Kier molecular flexibility index (Phi) is 27.9. The van der Waals surface area contributed by atoms with E-state index in [9.17, 15) is 30.3 Å². The van der Waals surface area contributed by atoms with Crippen LogP contribution in [0.25, 0.3) is 0 Å². The molecule has 1 rings (SSSR count). The van der Waals surface area contributed by atoms with Crippen molar-refractivity contribution in [1.82, 2.24) is 5.32 Å². The van der Waals surface area contributed by atoms with Gasteiger partial charge in [-0.2, -0.15) is 0 Å². The van der Waals surface area contributed by atoms with E-state index in [0.29, 0.717) is 6.42 Å². The maximum Gasteiger partial charge on any atom is 0.220 e. The highest BCUT2D eigenvalue weighted by Gasteiger charge is 2.44. The molecule has 0 aromatic carbocycles. The topological polar surface area (TPSA) is 149 Å². The summed E-state index contributed by atoms with van der Waals surface area (Å²) in [4.78, 5) is 12.7. The first-order chi connectivity index (χ1) is 24.3. The number of aliphatic hydroxyl groups is 5. The fourth-order valence-corrected chi connectivity index (χ4v) is 4.89. The van der Waals surface area contributed by atoms with Crippen molar-refractivity contribution >= 4 is 5.91 Å². The smallest absolute Gasteiger partial charge is 0.220 e. The van der Waals surface area contributed by atoms with Crippen molar-refractivity contribution in [2.75, 3.05) is 13.2 Å². The van der Waals surface area contributed by atoms with Gasteiger partial charge in [-0.1, -0.05) is 124 Å². The van der Waals surface area contributed by atoms with Crippen LogP contribution in [-0.4, -0.2) is 87.5 Å². The minimum atomic E-state index is -1.58. The van der Waals surface area contributed by atoms with Gasteiger partial charge in [-0.15, -0.1) is 0 Å². The van der Waals surface area contributed by atoms with Gasteiger partial charge >= 0.3 is 0 Å². The van der Waals surface area contributed by atoms with E-state index in [1.54, 1.807) is 6.08 Å². The van der Waals surface area contributed by atoms with Gasteiger partial charge < -0.3 is 40.3 Å². The zero-order valence-electron chi connectivity index (χ0n) is 30.3. The van der Waals surface area contributed by atoms with Crippen molar-refractivity contribution < 1.29 is 39.8 Å². The number of nitrogens with one attached hydrogen (secondary N) is 1. The van der Waals surface area contributed by atoms with Crippen molar-refractivity contribution in [2.24, 2.45) is 0 Å². The largest absolute Gasteiger partial charge is 0.394 e. The Morgan fingerprint density at radius 3 is 1.70 bits per heavy atom. The van der Waals surface area contributed by atoms with Crippen LogP contribution in [0.2, 0.25) is 0 Å². The number of carbonyl (C=O) groups is 1. The minimum absolute atomic E-state index is 0.223. The number of hydrogen-bond donors (Lipinski definition) is 6. The summed E-state index contributed by atoms with van der Waals surface area (Å²) in [6.07, 6.45) is 36.6. The Hall–Kier alpha value is -2.89. The quantitative estimate of drug-likeness (QED) is 0.0438. The third kappa shape index (κ3) is 22.0.